The van der Waals surface area contributed by atoms with Crippen LogP contribution in [0.5, 0.6) is 0 Å². The van der Waals surface area contributed by atoms with E-state index in [0.29, 0.717) is 5.69 Å². The lowest BCUT2D eigenvalue weighted by atomic mass is 10.2. The number of rotatable bonds is 4. The molecule has 0 aliphatic carbocycles. The van der Waals surface area contributed by atoms with Gasteiger partial charge >= 0.3 is 0 Å². The number of nitriles is 1. The van der Waals surface area contributed by atoms with Crippen molar-refractivity contribution in [1.82, 2.24) is 4.57 Å². The first-order valence-corrected chi connectivity index (χ1v) is 7.46. The zero-order valence-corrected chi connectivity index (χ0v) is 14.0. The summed E-state index contributed by atoms with van der Waals surface area (Å²) >= 11 is 3.31. The van der Waals surface area contributed by atoms with Gasteiger partial charge in [0.1, 0.15) is 18.2 Å². The third kappa shape index (κ3) is 3.85. The van der Waals surface area contributed by atoms with Crippen LogP contribution < -0.4 is 10.9 Å². The number of anilines is 1. The fourth-order valence-corrected chi connectivity index (χ4v) is 2.50. The molecule has 2 rings (SSSR count). The van der Waals surface area contributed by atoms with Gasteiger partial charge < -0.3 is 5.32 Å². The minimum absolute atomic E-state index is 0.392. The smallest absolute Gasteiger partial charge is 0.287 e. The van der Waals surface area contributed by atoms with Gasteiger partial charge in [0.2, 0.25) is 5.91 Å². The van der Waals surface area contributed by atoms with Gasteiger partial charge in [-0.05, 0) is 30.7 Å². The van der Waals surface area contributed by atoms with Gasteiger partial charge in [0, 0.05) is 16.2 Å². The largest absolute Gasteiger partial charge is 0.324 e. The first-order valence-electron chi connectivity index (χ1n) is 6.67. The third-order valence-electron chi connectivity index (χ3n) is 3.18. The van der Waals surface area contributed by atoms with Crippen LogP contribution in [0.3, 0.4) is 0 Å². The number of nitrogens with zero attached hydrogens (tertiary/aromatic N) is 3. The summed E-state index contributed by atoms with van der Waals surface area (Å²) in [5, 5.41) is 22.4. The molecule has 0 aliphatic rings. The van der Waals surface area contributed by atoms with E-state index in [1.54, 1.807) is 25.1 Å². The summed E-state index contributed by atoms with van der Waals surface area (Å²) in [5.74, 6) is -0.535. The van der Waals surface area contributed by atoms with Gasteiger partial charge in [0.15, 0.2) is 0 Å². The molecule has 0 spiro atoms. The number of carbonyl (C=O) groups is 1. The minimum atomic E-state index is -0.759. The Hall–Kier alpha value is -2.99. The zero-order chi connectivity index (χ0) is 17.9. The highest BCUT2D eigenvalue weighted by Gasteiger charge is 2.16. The zero-order valence-electron chi connectivity index (χ0n) is 12.4. The van der Waals surface area contributed by atoms with Crippen LogP contribution in [0.25, 0.3) is 0 Å². The topological polar surface area (TPSA) is 118 Å². The average molecular weight is 391 g/mol. The number of nitrogens with one attached hydrogen (secondary N) is 1. The molecule has 8 nitrogen and oxygen atoms in total. The van der Waals surface area contributed by atoms with Crippen LogP contribution in [0.2, 0.25) is 0 Å². The van der Waals surface area contributed by atoms with Gasteiger partial charge in [-0.15, -0.1) is 0 Å². The minimum Gasteiger partial charge on any atom is -0.324 e. The van der Waals surface area contributed by atoms with Crippen molar-refractivity contribution < 1.29 is 9.72 Å². The lowest BCUT2D eigenvalue weighted by molar-refractivity contribution is -0.385. The first kappa shape index (κ1) is 17.4. The first-order chi connectivity index (χ1) is 11.3. The van der Waals surface area contributed by atoms with Gasteiger partial charge in [-0.2, -0.15) is 5.26 Å². The maximum absolute atomic E-state index is 12.1. The Morgan fingerprint density at radius 2 is 2.17 bits per heavy atom. The molecule has 0 fully saturated rings. The Kier molecular flexibility index (Phi) is 5.11. The molecule has 0 radical (unpaired) electrons. The van der Waals surface area contributed by atoms with Crippen LogP contribution in [-0.4, -0.2) is 15.4 Å². The number of benzene rings is 1. The Bertz CT molecular complexity index is 930. The van der Waals surface area contributed by atoms with Gasteiger partial charge in [0.25, 0.3) is 11.2 Å². The summed E-state index contributed by atoms with van der Waals surface area (Å²) in [4.78, 5) is 34.3. The fraction of sp³-hybridized carbons (Fsp3) is 0.133. The van der Waals surface area contributed by atoms with E-state index >= 15 is 0 Å². The summed E-state index contributed by atoms with van der Waals surface area (Å²) < 4.78 is 1.70. The van der Waals surface area contributed by atoms with Crippen LogP contribution in [0.1, 0.15) is 11.1 Å². The van der Waals surface area contributed by atoms with E-state index in [2.05, 4.69) is 21.2 Å². The highest BCUT2D eigenvalue weighted by Crippen LogP contribution is 2.20. The molecule has 1 N–H and O–H groups in total. The molecule has 0 atom stereocenters. The number of nitro groups is 1. The average Bonchev–Trinajstić information content (AvgIpc) is 2.51. The van der Waals surface area contributed by atoms with Crippen LogP contribution >= 0.6 is 15.9 Å². The molecule has 0 bridgehead atoms. The lowest BCUT2D eigenvalue weighted by Gasteiger charge is -2.10. The van der Waals surface area contributed by atoms with Crippen molar-refractivity contribution in [3.05, 3.63) is 66.5 Å². The molecule has 2 aromatic rings. The normalized spacial score (nSPS) is 10.0. The van der Waals surface area contributed by atoms with E-state index in [-0.39, 0.29) is 0 Å². The number of aromatic nitrogens is 1. The molecule has 0 aliphatic heterocycles. The lowest BCUT2D eigenvalue weighted by Crippen LogP contribution is -2.29. The van der Waals surface area contributed by atoms with Crippen LogP contribution in [0.4, 0.5) is 11.4 Å². The van der Waals surface area contributed by atoms with Crippen molar-refractivity contribution in [2.75, 3.05) is 5.32 Å². The van der Waals surface area contributed by atoms with Crippen molar-refractivity contribution in [2.45, 2.75) is 13.5 Å². The quantitative estimate of drug-likeness (QED) is 0.634. The predicted molar refractivity (Wildman–Crippen MR) is 89.6 cm³/mol. The van der Waals surface area contributed by atoms with E-state index in [1.165, 1.54) is 0 Å². The Labute approximate surface area is 144 Å². The monoisotopic (exact) mass is 390 g/mol. The molecule has 1 aromatic heterocycles. The van der Waals surface area contributed by atoms with Crippen LogP contribution in [-0.2, 0) is 11.3 Å². The van der Waals surface area contributed by atoms with Crippen molar-refractivity contribution in [3.63, 3.8) is 0 Å². The summed E-state index contributed by atoms with van der Waals surface area (Å²) in [6.45, 7) is 1.36. The Balaban J connectivity index is 2.29. The molecular weight excluding hydrogens is 380 g/mol. The van der Waals surface area contributed by atoms with E-state index in [9.17, 15) is 19.7 Å². The standard InChI is InChI=1S/C15H11BrN4O4/c1-9-4-11(16)2-3-13(9)18-14(21)8-19-7-12(20(23)24)5-10(6-17)15(19)22/h2-5,7H,8H2,1H3,(H,18,21). The second kappa shape index (κ2) is 7.06. The van der Waals surface area contributed by atoms with E-state index in [1.807, 2.05) is 6.07 Å². The van der Waals surface area contributed by atoms with Gasteiger partial charge in [0.05, 0.1) is 11.1 Å². The molecule has 24 heavy (non-hydrogen) atoms. The number of halogens is 1. The highest BCUT2D eigenvalue weighted by atomic mass is 79.9. The number of hydrogen-bond donors (Lipinski definition) is 1. The summed E-state index contributed by atoms with van der Waals surface area (Å²) in [7, 11) is 0. The molecule has 1 heterocycles. The maximum atomic E-state index is 12.1. The van der Waals surface area contributed by atoms with Crippen LogP contribution in [0.15, 0.2) is 39.7 Å². The summed E-state index contributed by atoms with van der Waals surface area (Å²) in [5.41, 5.74) is -0.217. The predicted octanol–water partition coefficient (Wildman–Crippen LogP) is 2.34. The Morgan fingerprint density at radius 1 is 1.46 bits per heavy atom. The van der Waals surface area contributed by atoms with Gasteiger partial charge in [-0.1, -0.05) is 15.9 Å². The number of hydrogen-bond acceptors (Lipinski definition) is 5. The molecule has 9 heteroatoms. The van der Waals surface area contributed by atoms with E-state index in [0.717, 1.165) is 26.9 Å². The van der Waals surface area contributed by atoms with Crippen molar-refractivity contribution >= 4 is 33.2 Å². The number of aryl methyl sites for hydroxylation is 1. The molecule has 0 saturated carbocycles. The SMILES string of the molecule is Cc1cc(Br)ccc1NC(=O)Cn1cc([N+](=O)[O-])cc(C#N)c1=O. The molecule has 1 amide bonds. The maximum Gasteiger partial charge on any atom is 0.287 e. The Morgan fingerprint density at radius 3 is 2.75 bits per heavy atom. The summed E-state index contributed by atoms with van der Waals surface area (Å²) in [6, 6.07) is 7.72. The molecule has 0 saturated heterocycles. The molecular formula is C15H11BrN4O4. The van der Waals surface area contributed by atoms with Crippen molar-refractivity contribution in [3.8, 4) is 6.07 Å². The number of carbonyl (C=O) groups excluding carboxylic acids is 1. The second-order valence-corrected chi connectivity index (χ2v) is 5.84. The fourth-order valence-electron chi connectivity index (χ4n) is 2.03. The van der Waals surface area contributed by atoms with Crippen molar-refractivity contribution in [1.29, 1.82) is 5.26 Å². The van der Waals surface area contributed by atoms with Crippen molar-refractivity contribution in [2.24, 2.45) is 0 Å². The highest BCUT2D eigenvalue weighted by molar-refractivity contribution is 9.10. The van der Waals surface area contributed by atoms with E-state index < -0.39 is 34.2 Å². The third-order valence-corrected chi connectivity index (χ3v) is 3.67. The summed E-state index contributed by atoms with van der Waals surface area (Å²) in [6.07, 6.45) is 0.942. The number of amides is 1. The number of pyridine rings is 1. The molecule has 0 unspecified atom stereocenters. The van der Waals surface area contributed by atoms with Gasteiger partial charge in [-0.25, -0.2) is 0 Å². The van der Waals surface area contributed by atoms with Crippen LogP contribution in [0, 0.1) is 28.4 Å². The van der Waals surface area contributed by atoms with Gasteiger partial charge in [-0.3, -0.25) is 24.3 Å². The van der Waals surface area contributed by atoms with E-state index in [4.69, 9.17) is 5.26 Å². The molecule has 1 aromatic carbocycles. The molecule has 122 valence electrons. The second-order valence-electron chi connectivity index (χ2n) is 4.92.